The Morgan fingerprint density at radius 3 is 2.67 bits per heavy atom. The number of aromatic nitrogens is 2. The van der Waals surface area contributed by atoms with Gasteiger partial charge in [0.2, 0.25) is 0 Å². The van der Waals surface area contributed by atoms with Crippen LogP contribution in [0.15, 0.2) is 63.0 Å². The van der Waals surface area contributed by atoms with Gasteiger partial charge < -0.3 is 0 Å². The van der Waals surface area contributed by atoms with E-state index in [1.54, 1.807) is 11.8 Å². The highest BCUT2D eigenvalue weighted by Gasteiger charge is 2.43. The molecule has 0 saturated heterocycles. The molecule has 1 saturated carbocycles. The fourth-order valence-corrected chi connectivity index (χ4v) is 7.03. The van der Waals surface area contributed by atoms with Crippen LogP contribution in [0.4, 0.5) is 0 Å². The molecule has 1 aromatic heterocycles. The quantitative estimate of drug-likeness (QED) is 0.189. The van der Waals surface area contributed by atoms with E-state index in [4.69, 9.17) is 4.98 Å². The monoisotopic (exact) mass is 522 g/mol. The second kappa shape index (κ2) is 9.79. The summed E-state index contributed by atoms with van der Waals surface area (Å²) in [7, 11) is 0. The maximum Gasteiger partial charge on any atom is 0.263 e. The summed E-state index contributed by atoms with van der Waals surface area (Å²) >= 11 is 5.33. The van der Waals surface area contributed by atoms with Gasteiger partial charge in [-0.05, 0) is 49.4 Å². The lowest BCUT2D eigenvalue weighted by Gasteiger charge is -2.42. The molecule has 0 bridgehead atoms. The van der Waals surface area contributed by atoms with Gasteiger partial charge in [-0.1, -0.05) is 97.1 Å². The van der Waals surface area contributed by atoms with Crippen LogP contribution in [0.5, 0.6) is 0 Å². The molecule has 0 atom stereocenters. The van der Waals surface area contributed by atoms with Crippen molar-refractivity contribution in [2.75, 3.05) is 5.75 Å². The molecule has 0 N–H and O–H groups in total. The number of unbranched alkanes of at least 4 members (excludes halogenated alkanes) is 2. The fourth-order valence-electron chi connectivity index (χ4n) is 5.64. The molecule has 0 unspecified atom stereocenters. The number of halogens is 1. The first kappa shape index (κ1) is 22.9. The van der Waals surface area contributed by atoms with Gasteiger partial charge in [0, 0.05) is 21.2 Å². The van der Waals surface area contributed by atoms with E-state index in [0.29, 0.717) is 0 Å². The van der Waals surface area contributed by atoms with Crippen LogP contribution in [0.25, 0.3) is 16.9 Å². The van der Waals surface area contributed by atoms with E-state index in [0.717, 1.165) is 63.6 Å². The third kappa shape index (κ3) is 4.35. The van der Waals surface area contributed by atoms with E-state index in [-0.39, 0.29) is 11.0 Å². The first-order valence-corrected chi connectivity index (χ1v) is 14.1. The van der Waals surface area contributed by atoms with Gasteiger partial charge in [0.15, 0.2) is 5.16 Å². The number of fused-ring (bicyclic) bond motifs is 4. The number of thioether (sulfide) groups is 1. The Labute approximate surface area is 209 Å². The first-order valence-electron chi connectivity index (χ1n) is 12.3. The topological polar surface area (TPSA) is 34.9 Å². The normalized spacial score (nSPS) is 16.4. The number of rotatable bonds is 6. The molecule has 33 heavy (non-hydrogen) atoms. The molecule has 1 heterocycles. The van der Waals surface area contributed by atoms with Gasteiger partial charge in [-0.15, -0.1) is 0 Å². The van der Waals surface area contributed by atoms with Crippen LogP contribution < -0.4 is 5.56 Å². The Morgan fingerprint density at radius 1 is 1.06 bits per heavy atom. The van der Waals surface area contributed by atoms with Crippen LogP contribution in [0.1, 0.15) is 69.4 Å². The average Bonchev–Trinajstić information content (AvgIpc) is 2.82. The average molecular weight is 524 g/mol. The predicted molar refractivity (Wildman–Crippen MR) is 142 cm³/mol. The molecule has 172 valence electrons. The zero-order valence-corrected chi connectivity index (χ0v) is 21.7. The fraction of sp³-hybridized carbons (Fsp3) is 0.429. The minimum atomic E-state index is -0.0921. The van der Waals surface area contributed by atoms with Crippen LogP contribution in [0, 0.1) is 0 Å². The number of hydrogen-bond donors (Lipinski definition) is 0. The van der Waals surface area contributed by atoms with E-state index in [2.05, 4.69) is 47.1 Å². The van der Waals surface area contributed by atoms with E-state index < -0.39 is 0 Å². The third-order valence-electron chi connectivity index (χ3n) is 7.24. The molecule has 2 aromatic carbocycles. The molecular weight excluding hydrogens is 492 g/mol. The van der Waals surface area contributed by atoms with Crippen LogP contribution in [-0.2, 0) is 11.8 Å². The summed E-state index contributed by atoms with van der Waals surface area (Å²) in [6.07, 6.45) is 10.3. The molecule has 0 aliphatic heterocycles. The molecule has 1 fully saturated rings. The summed E-state index contributed by atoms with van der Waals surface area (Å²) in [6, 6.07) is 16.7. The molecule has 3 nitrogen and oxygen atoms in total. The maximum absolute atomic E-state index is 14.4. The van der Waals surface area contributed by atoms with Crippen molar-refractivity contribution in [1.82, 2.24) is 9.55 Å². The highest BCUT2D eigenvalue weighted by molar-refractivity contribution is 9.10. The Morgan fingerprint density at radius 2 is 1.88 bits per heavy atom. The van der Waals surface area contributed by atoms with Crippen LogP contribution in [0.2, 0.25) is 0 Å². The van der Waals surface area contributed by atoms with Crippen LogP contribution in [-0.4, -0.2) is 15.3 Å². The van der Waals surface area contributed by atoms with Crippen molar-refractivity contribution in [3.8, 4) is 16.9 Å². The van der Waals surface area contributed by atoms with Gasteiger partial charge in [-0.3, -0.25) is 9.36 Å². The first-order chi connectivity index (χ1) is 16.1. The van der Waals surface area contributed by atoms with E-state index in [1.807, 2.05) is 28.8 Å². The third-order valence-corrected chi connectivity index (χ3v) is 8.76. The number of nitrogens with zero attached hydrogens (tertiary/aromatic N) is 2. The van der Waals surface area contributed by atoms with Gasteiger partial charge in [0.05, 0.1) is 16.9 Å². The van der Waals surface area contributed by atoms with E-state index in [9.17, 15) is 4.79 Å². The molecule has 2 aliphatic rings. The number of benzene rings is 2. The van der Waals surface area contributed by atoms with E-state index >= 15 is 0 Å². The van der Waals surface area contributed by atoms with Crippen molar-refractivity contribution < 1.29 is 0 Å². The van der Waals surface area contributed by atoms with Crippen molar-refractivity contribution >= 4 is 27.7 Å². The SMILES string of the molecule is CCCCCSc1nc2c(c(=O)n1-c1cccc(Br)c1)C1(CCCCC1)Cc1ccccc1-2. The zero-order chi connectivity index (χ0) is 22.8. The maximum atomic E-state index is 14.4. The largest absolute Gasteiger partial charge is 0.268 e. The Balaban J connectivity index is 1.75. The molecule has 0 radical (unpaired) electrons. The van der Waals surface area contributed by atoms with Crippen molar-refractivity contribution in [2.45, 2.75) is 75.3 Å². The molecule has 1 spiro atoms. The summed E-state index contributed by atoms with van der Waals surface area (Å²) in [6.45, 7) is 2.22. The second-order valence-corrected chi connectivity index (χ2v) is 11.4. The smallest absolute Gasteiger partial charge is 0.263 e. The van der Waals surface area contributed by atoms with Gasteiger partial charge >= 0.3 is 0 Å². The molecule has 0 amide bonds. The van der Waals surface area contributed by atoms with Crippen LogP contribution in [0.3, 0.4) is 0 Å². The summed E-state index contributed by atoms with van der Waals surface area (Å²) in [5.41, 5.74) is 5.33. The summed E-state index contributed by atoms with van der Waals surface area (Å²) in [5, 5.41) is 0.815. The predicted octanol–water partition coefficient (Wildman–Crippen LogP) is 7.70. The highest BCUT2D eigenvalue weighted by atomic mass is 79.9. The summed E-state index contributed by atoms with van der Waals surface area (Å²) in [5.74, 6) is 0.972. The van der Waals surface area contributed by atoms with Gasteiger partial charge in [-0.25, -0.2) is 4.98 Å². The molecule has 3 aromatic rings. The highest BCUT2D eigenvalue weighted by Crippen LogP contribution is 2.49. The van der Waals surface area contributed by atoms with Gasteiger partial charge in [0.1, 0.15) is 0 Å². The van der Waals surface area contributed by atoms with Gasteiger partial charge in [0.25, 0.3) is 5.56 Å². The second-order valence-electron chi connectivity index (χ2n) is 9.47. The summed E-state index contributed by atoms with van der Waals surface area (Å²) in [4.78, 5) is 19.7. The van der Waals surface area contributed by atoms with Crippen molar-refractivity contribution in [2.24, 2.45) is 0 Å². The van der Waals surface area contributed by atoms with Crippen molar-refractivity contribution in [3.63, 3.8) is 0 Å². The zero-order valence-electron chi connectivity index (χ0n) is 19.3. The Hall–Kier alpha value is -1.85. The lowest BCUT2D eigenvalue weighted by molar-refractivity contribution is 0.283. The Bertz CT molecular complexity index is 1210. The minimum absolute atomic E-state index is 0.0921. The van der Waals surface area contributed by atoms with Crippen molar-refractivity contribution in [1.29, 1.82) is 0 Å². The summed E-state index contributed by atoms with van der Waals surface area (Å²) < 4.78 is 2.87. The van der Waals surface area contributed by atoms with Gasteiger partial charge in [-0.2, -0.15) is 0 Å². The number of hydrogen-bond acceptors (Lipinski definition) is 3. The lowest BCUT2D eigenvalue weighted by Crippen LogP contribution is -2.42. The van der Waals surface area contributed by atoms with Crippen LogP contribution >= 0.6 is 27.7 Å². The van der Waals surface area contributed by atoms with E-state index in [1.165, 1.54) is 37.7 Å². The Kier molecular flexibility index (Phi) is 6.80. The molecular formula is C28H31BrN2OS. The molecule has 5 rings (SSSR count). The molecule has 5 heteroatoms. The standard InChI is InChI=1S/C28H31BrN2OS/c1-2-3-9-17-33-27-30-25-23-14-6-5-11-20(23)19-28(15-7-4-8-16-28)24(25)26(32)31(27)22-13-10-12-21(29)18-22/h5-6,10-14,18H,2-4,7-9,15-17,19H2,1H3. The van der Waals surface area contributed by atoms with Crippen molar-refractivity contribution in [3.05, 3.63) is 74.5 Å². The lowest BCUT2D eigenvalue weighted by atomic mass is 9.62. The molecule has 2 aliphatic carbocycles. The minimum Gasteiger partial charge on any atom is -0.268 e.